The topological polar surface area (TPSA) is 105 Å². The molecule has 10 heavy (non-hydrogen) atoms. The number of hydrogen-bond donors (Lipinski definition) is 4. The number of phosphoric acid groups is 1. The molecular formula is C2H9N2O4PZn. The summed E-state index contributed by atoms with van der Waals surface area (Å²) in [7, 11) is -4.23. The van der Waals surface area contributed by atoms with Crippen molar-refractivity contribution >= 4 is 7.82 Å². The third kappa shape index (κ3) is 8.65. The van der Waals surface area contributed by atoms with E-state index in [1.165, 1.54) is 0 Å². The van der Waals surface area contributed by atoms with Crippen LogP contribution in [-0.4, -0.2) is 22.9 Å². The molecule has 0 unspecified atom stereocenters. The van der Waals surface area contributed by atoms with Crippen molar-refractivity contribution in [3.8, 4) is 0 Å². The molecule has 0 aromatic rings. The fourth-order valence-corrected chi connectivity index (χ4v) is 2.93. The first kappa shape index (κ1) is 10.7. The molecule has 0 heterocycles. The van der Waals surface area contributed by atoms with Gasteiger partial charge < -0.3 is 0 Å². The third-order valence-electron chi connectivity index (χ3n) is 0.656. The second-order valence-corrected chi connectivity index (χ2v) is 6.07. The predicted molar refractivity (Wildman–Crippen MR) is 30.2 cm³/mol. The van der Waals surface area contributed by atoms with Gasteiger partial charge in [0.2, 0.25) is 0 Å². The first-order chi connectivity index (χ1) is 4.56. The molecule has 0 bridgehead atoms. The summed E-state index contributed by atoms with van der Waals surface area (Å²) < 4.78 is 17.0. The Bertz CT molecular complexity index is 126. The molecule has 0 spiro atoms. The zero-order valence-electron chi connectivity index (χ0n) is 5.36. The first-order valence-corrected chi connectivity index (χ1v) is 6.89. The third-order valence-corrected chi connectivity index (χ3v) is 5.22. The molecule has 8 heteroatoms. The van der Waals surface area contributed by atoms with E-state index in [1.807, 2.05) is 0 Å². The maximum atomic E-state index is 10.0. The zero-order valence-corrected chi connectivity index (χ0v) is 9.22. The van der Waals surface area contributed by atoms with Gasteiger partial charge in [-0.1, -0.05) is 0 Å². The fraction of sp³-hybridized carbons (Fsp3) is 1.00. The van der Waals surface area contributed by atoms with E-state index in [-0.39, 0.29) is 0 Å². The maximum absolute atomic E-state index is 10.0. The van der Waals surface area contributed by atoms with Gasteiger partial charge in [-0.25, -0.2) is 0 Å². The van der Waals surface area contributed by atoms with E-state index < -0.39 is 25.5 Å². The number of nitrogens with two attached hydrogens (primary N) is 1. The summed E-state index contributed by atoms with van der Waals surface area (Å²) in [6.45, 7) is 1.01. The molecule has 0 saturated carbocycles. The zero-order chi connectivity index (χ0) is 8.04. The van der Waals surface area contributed by atoms with Crippen molar-refractivity contribution in [3.63, 3.8) is 0 Å². The first-order valence-electron chi connectivity index (χ1n) is 2.67. The predicted octanol–water partition coefficient (Wildman–Crippen LogP) is -1.44. The molecule has 0 aliphatic heterocycles. The van der Waals surface area contributed by atoms with Gasteiger partial charge in [0.1, 0.15) is 0 Å². The number of hydrogen-bond acceptors (Lipinski definition) is 4. The van der Waals surface area contributed by atoms with Gasteiger partial charge in [-0.3, -0.25) is 0 Å². The van der Waals surface area contributed by atoms with Crippen LogP contribution in [0.4, 0.5) is 0 Å². The quantitative estimate of drug-likeness (QED) is 0.257. The van der Waals surface area contributed by atoms with Crippen molar-refractivity contribution in [2.24, 2.45) is 5.73 Å². The molecule has 5 N–H and O–H groups in total. The summed E-state index contributed by atoms with van der Waals surface area (Å²) in [5, 5.41) is 0. The molecule has 0 aliphatic carbocycles. The summed E-state index contributed by atoms with van der Waals surface area (Å²) >= 11 is -1.69. The molecule has 0 aromatic heterocycles. The number of rotatable bonds is 5. The Morgan fingerprint density at radius 2 is 2.30 bits per heavy atom. The Hall–Kier alpha value is 0.653. The van der Waals surface area contributed by atoms with Gasteiger partial charge in [-0.15, -0.1) is 0 Å². The van der Waals surface area contributed by atoms with E-state index in [1.54, 1.807) is 0 Å². The molecule has 58 valence electrons. The summed E-state index contributed by atoms with van der Waals surface area (Å²) in [5.41, 5.74) is 5.10. The second kappa shape index (κ2) is 5.32. The van der Waals surface area contributed by atoms with Crippen LogP contribution in [0.5, 0.6) is 0 Å². The van der Waals surface area contributed by atoms with Gasteiger partial charge in [0.05, 0.1) is 0 Å². The molecule has 0 aliphatic rings. The fourth-order valence-electron chi connectivity index (χ4n) is 0.304. The van der Waals surface area contributed by atoms with Crippen LogP contribution in [0.1, 0.15) is 0 Å². The van der Waals surface area contributed by atoms with Crippen LogP contribution < -0.4 is 9.79 Å². The molecule has 0 radical (unpaired) electrons. The van der Waals surface area contributed by atoms with Crippen molar-refractivity contribution in [1.82, 2.24) is 4.06 Å². The number of nitrogens with one attached hydrogen (secondary N) is 1. The van der Waals surface area contributed by atoms with Crippen LogP contribution in [-0.2, 0) is 25.6 Å². The normalized spacial score (nSPS) is 11.1. The standard InChI is InChI=1S/C2H7N2.H3O4P.Zn/c3-1-2-4;1-5(2,3)4;/h3H,1-2,4H2;(H3,1,2,3,4);/q-1;;+2/p-1. The molecular weight excluding hydrogens is 212 g/mol. The van der Waals surface area contributed by atoms with Crippen molar-refractivity contribution < 1.29 is 35.4 Å². The van der Waals surface area contributed by atoms with Crippen LogP contribution >= 0.6 is 7.82 Å². The van der Waals surface area contributed by atoms with Crippen LogP contribution in [0, 0.1) is 0 Å². The van der Waals surface area contributed by atoms with Gasteiger partial charge in [-0.05, 0) is 0 Å². The Labute approximate surface area is 66.6 Å². The minimum absolute atomic E-state index is 0.454. The summed E-state index contributed by atoms with van der Waals surface area (Å²) in [6, 6.07) is 0. The van der Waals surface area contributed by atoms with E-state index in [9.17, 15) is 4.57 Å². The van der Waals surface area contributed by atoms with Gasteiger partial charge >= 0.3 is 66.1 Å². The molecule has 0 rings (SSSR count). The Morgan fingerprint density at radius 3 is 2.70 bits per heavy atom. The van der Waals surface area contributed by atoms with Crippen molar-refractivity contribution in [1.29, 1.82) is 0 Å². The van der Waals surface area contributed by atoms with E-state index in [0.717, 1.165) is 0 Å². The molecule has 0 atom stereocenters. The van der Waals surface area contributed by atoms with Crippen LogP contribution in [0.2, 0.25) is 0 Å². The van der Waals surface area contributed by atoms with Crippen molar-refractivity contribution in [2.45, 2.75) is 0 Å². The SMILES string of the molecule is NCC[NH][Zn][O]P(=O)(O)O. The van der Waals surface area contributed by atoms with Crippen LogP contribution in [0.15, 0.2) is 0 Å². The van der Waals surface area contributed by atoms with Gasteiger partial charge in [0.15, 0.2) is 0 Å². The van der Waals surface area contributed by atoms with Gasteiger partial charge in [0, 0.05) is 0 Å². The summed E-state index contributed by atoms with van der Waals surface area (Å²) in [4.78, 5) is 16.4. The summed E-state index contributed by atoms with van der Waals surface area (Å²) in [5.74, 6) is 0. The average molecular weight is 221 g/mol. The Kier molecular flexibility index (Phi) is 5.67. The minimum atomic E-state index is -4.23. The van der Waals surface area contributed by atoms with E-state index in [0.29, 0.717) is 13.1 Å². The monoisotopic (exact) mass is 220 g/mol. The average Bonchev–Trinajstić information content (AvgIpc) is 1.78. The van der Waals surface area contributed by atoms with Crippen molar-refractivity contribution in [3.05, 3.63) is 0 Å². The van der Waals surface area contributed by atoms with Crippen LogP contribution in [0.3, 0.4) is 0 Å². The Balaban J connectivity index is 3.13. The van der Waals surface area contributed by atoms with E-state index >= 15 is 0 Å². The van der Waals surface area contributed by atoms with Crippen LogP contribution in [0.25, 0.3) is 0 Å². The van der Waals surface area contributed by atoms with Gasteiger partial charge in [0.25, 0.3) is 0 Å². The molecule has 0 saturated heterocycles. The van der Waals surface area contributed by atoms with E-state index in [4.69, 9.17) is 15.5 Å². The molecule has 0 aromatic carbocycles. The van der Waals surface area contributed by atoms with E-state index in [2.05, 4.69) is 7.41 Å². The summed E-state index contributed by atoms with van der Waals surface area (Å²) in [6.07, 6.45) is 0. The molecule has 6 nitrogen and oxygen atoms in total. The van der Waals surface area contributed by atoms with Crippen molar-refractivity contribution in [2.75, 3.05) is 13.1 Å². The second-order valence-electron chi connectivity index (χ2n) is 1.55. The Morgan fingerprint density at radius 1 is 1.70 bits per heavy atom. The van der Waals surface area contributed by atoms with Gasteiger partial charge in [-0.2, -0.15) is 0 Å². The molecule has 0 fully saturated rings. The molecule has 0 amide bonds.